The lowest BCUT2D eigenvalue weighted by Gasteiger charge is -2.42. The van der Waals surface area contributed by atoms with E-state index in [0.717, 1.165) is 44.9 Å². The lowest BCUT2D eigenvalue weighted by atomic mass is 9.80. The number of carbonyl (C=O) groups excluding carboxylic acids is 1. The van der Waals surface area contributed by atoms with Crippen molar-refractivity contribution in [2.24, 2.45) is 0 Å². The quantitative estimate of drug-likeness (QED) is 0.798. The lowest BCUT2D eigenvalue weighted by molar-refractivity contribution is -0.138. The fourth-order valence-electron chi connectivity index (χ4n) is 5.31. The van der Waals surface area contributed by atoms with Gasteiger partial charge in [-0.15, -0.1) is 0 Å². The Hall–Kier alpha value is -1.44. The third kappa shape index (κ3) is 5.01. The van der Waals surface area contributed by atoms with Gasteiger partial charge in [0, 0.05) is 19.0 Å². The van der Waals surface area contributed by atoms with Gasteiger partial charge in [-0.2, -0.15) is 0 Å². The highest BCUT2D eigenvalue weighted by Crippen LogP contribution is 2.36. The minimum Gasteiger partial charge on any atom is -0.376 e. The molecule has 1 aromatic rings. The average molecular weight is 421 g/mol. The van der Waals surface area contributed by atoms with Crippen LogP contribution in [0.3, 0.4) is 0 Å². The Morgan fingerprint density at radius 1 is 1.07 bits per heavy atom. The van der Waals surface area contributed by atoms with Crippen LogP contribution in [0.1, 0.15) is 62.0 Å². The SMILES string of the molecule is CS(=O)(=O)N[C@H]1CCCN2C(=O)CCc3ccccc3C3CCC(CC3)OCC12. The summed E-state index contributed by atoms with van der Waals surface area (Å²) in [5.41, 5.74) is 2.67. The first kappa shape index (κ1) is 20.8. The Morgan fingerprint density at radius 2 is 1.83 bits per heavy atom. The van der Waals surface area contributed by atoms with Gasteiger partial charge in [0.05, 0.1) is 25.0 Å². The summed E-state index contributed by atoms with van der Waals surface area (Å²) in [5, 5.41) is 0. The van der Waals surface area contributed by atoms with Gasteiger partial charge in [0.2, 0.25) is 15.9 Å². The lowest BCUT2D eigenvalue weighted by Crippen LogP contribution is -2.59. The van der Waals surface area contributed by atoms with Crippen LogP contribution in [0.4, 0.5) is 0 Å². The van der Waals surface area contributed by atoms with Crippen molar-refractivity contribution >= 4 is 15.9 Å². The molecule has 4 aliphatic rings. The van der Waals surface area contributed by atoms with Gasteiger partial charge in [-0.25, -0.2) is 13.1 Å². The second-order valence-electron chi connectivity index (χ2n) is 8.80. The molecule has 1 saturated heterocycles. The molecule has 2 atom stereocenters. The minimum atomic E-state index is -3.34. The number of nitrogens with zero attached hydrogens (tertiary/aromatic N) is 1. The Labute approximate surface area is 174 Å². The fourth-order valence-corrected chi connectivity index (χ4v) is 6.13. The first-order chi connectivity index (χ1) is 13.9. The number of fused-ring (bicyclic) bond motifs is 5. The molecule has 1 N–H and O–H groups in total. The maximum absolute atomic E-state index is 13.1. The molecule has 0 radical (unpaired) electrons. The summed E-state index contributed by atoms with van der Waals surface area (Å²) in [4.78, 5) is 15.0. The molecule has 1 aliphatic carbocycles. The average Bonchev–Trinajstić information content (AvgIpc) is 2.71. The molecule has 2 bridgehead atoms. The second kappa shape index (κ2) is 8.74. The van der Waals surface area contributed by atoms with Gasteiger partial charge in [0.1, 0.15) is 0 Å². The zero-order valence-electron chi connectivity index (χ0n) is 17.2. The summed E-state index contributed by atoms with van der Waals surface area (Å²) in [6.07, 6.45) is 8.36. The van der Waals surface area contributed by atoms with Crippen LogP contribution in [-0.4, -0.2) is 56.8 Å². The summed E-state index contributed by atoms with van der Waals surface area (Å²) in [5.74, 6) is 0.643. The standard InChI is InChI=1S/C22H32N2O4S/c1-29(26,27)23-20-7-4-14-24-21(20)15-28-18-11-8-17(9-12-18)19-6-3-2-5-16(19)10-13-22(24)25/h2-3,5-6,17-18,20-21,23H,4,7-15H2,1H3/t17?,18?,20-,21?/m0/s1. The minimum absolute atomic E-state index is 0.0972. The third-order valence-corrected chi connectivity index (χ3v) is 7.48. The number of carbonyl (C=O) groups is 1. The van der Waals surface area contributed by atoms with E-state index in [1.54, 1.807) is 0 Å². The van der Waals surface area contributed by atoms with Crippen LogP contribution < -0.4 is 4.72 Å². The van der Waals surface area contributed by atoms with Crippen molar-refractivity contribution in [2.75, 3.05) is 19.4 Å². The van der Waals surface area contributed by atoms with Gasteiger partial charge in [-0.1, -0.05) is 24.3 Å². The maximum atomic E-state index is 13.1. The Kier molecular flexibility index (Phi) is 6.27. The molecule has 1 saturated carbocycles. The normalized spacial score (nSPS) is 31.2. The maximum Gasteiger partial charge on any atom is 0.223 e. The smallest absolute Gasteiger partial charge is 0.223 e. The van der Waals surface area contributed by atoms with E-state index in [2.05, 4.69) is 29.0 Å². The van der Waals surface area contributed by atoms with Crippen LogP contribution in [-0.2, 0) is 26.0 Å². The largest absolute Gasteiger partial charge is 0.376 e. The van der Waals surface area contributed by atoms with Crippen molar-refractivity contribution in [3.05, 3.63) is 35.4 Å². The van der Waals surface area contributed by atoms with Crippen LogP contribution in [0.5, 0.6) is 0 Å². The molecule has 1 amide bonds. The third-order valence-electron chi connectivity index (χ3n) is 6.74. The van der Waals surface area contributed by atoms with Gasteiger partial charge in [0.15, 0.2) is 0 Å². The Morgan fingerprint density at radius 3 is 2.59 bits per heavy atom. The Bertz CT molecular complexity index is 833. The fraction of sp³-hybridized carbons (Fsp3) is 0.682. The van der Waals surface area contributed by atoms with Crippen molar-refractivity contribution in [1.82, 2.24) is 9.62 Å². The summed E-state index contributed by atoms with van der Waals surface area (Å²) in [6.45, 7) is 1.07. The molecule has 0 aromatic heterocycles. The molecule has 2 fully saturated rings. The van der Waals surface area contributed by atoms with Crippen molar-refractivity contribution in [2.45, 2.75) is 75.5 Å². The summed E-state index contributed by atoms with van der Waals surface area (Å²) < 4.78 is 32.8. The molecule has 7 heteroatoms. The predicted octanol–water partition coefficient (Wildman–Crippen LogP) is 2.58. The number of piperidine rings is 1. The van der Waals surface area contributed by atoms with Crippen LogP contribution in [0.25, 0.3) is 0 Å². The number of benzene rings is 1. The molecular weight excluding hydrogens is 388 g/mol. The highest BCUT2D eigenvalue weighted by Gasteiger charge is 2.37. The van der Waals surface area contributed by atoms with Crippen LogP contribution >= 0.6 is 0 Å². The Balaban J connectivity index is 1.61. The molecule has 160 valence electrons. The van der Waals surface area contributed by atoms with E-state index in [1.165, 1.54) is 17.4 Å². The number of hydrogen-bond acceptors (Lipinski definition) is 4. The molecule has 3 heterocycles. The van der Waals surface area contributed by atoms with Gasteiger partial charge in [-0.3, -0.25) is 4.79 Å². The molecule has 0 spiro atoms. The first-order valence-electron chi connectivity index (χ1n) is 10.9. The summed E-state index contributed by atoms with van der Waals surface area (Å²) in [7, 11) is -3.34. The zero-order chi connectivity index (χ0) is 20.4. The van der Waals surface area contributed by atoms with Crippen LogP contribution in [0.2, 0.25) is 0 Å². The van der Waals surface area contributed by atoms with Crippen molar-refractivity contribution in [1.29, 1.82) is 0 Å². The van der Waals surface area contributed by atoms with Gasteiger partial charge in [-0.05, 0) is 62.0 Å². The van der Waals surface area contributed by atoms with Gasteiger partial charge >= 0.3 is 0 Å². The predicted molar refractivity (Wildman–Crippen MR) is 112 cm³/mol. The molecule has 6 nitrogen and oxygen atoms in total. The molecule has 3 aliphatic heterocycles. The van der Waals surface area contributed by atoms with E-state index < -0.39 is 10.0 Å². The number of hydrogen-bond donors (Lipinski definition) is 1. The monoisotopic (exact) mass is 420 g/mol. The number of sulfonamides is 1. The van der Waals surface area contributed by atoms with E-state index in [9.17, 15) is 13.2 Å². The topological polar surface area (TPSA) is 75.7 Å². The highest BCUT2D eigenvalue weighted by molar-refractivity contribution is 7.88. The van der Waals surface area contributed by atoms with Gasteiger partial charge < -0.3 is 9.64 Å². The molecule has 29 heavy (non-hydrogen) atoms. The molecular formula is C22H32N2O4S. The van der Waals surface area contributed by atoms with E-state index in [4.69, 9.17) is 4.74 Å². The van der Waals surface area contributed by atoms with E-state index in [-0.39, 0.29) is 24.1 Å². The number of amides is 1. The van der Waals surface area contributed by atoms with E-state index in [0.29, 0.717) is 25.5 Å². The van der Waals surface area contributed by atoms with Crippen molar-refractivity contribution in [3.63, 3.8) is 0 Å². The number of nitrogens with one attached hydrogen (secondary N) is 1. The molecule has 5 rings (SSSR count). The highest BCUT2D eigenvalue weighted by atomic mass is 32.2. The number of ether oxygens (including phenoxy) is 1. The van der Waals surface area contributed by atoms with Crippen molar-refractivity contribution < 1.29 is 17.9 Å². The van der Waals surface area contributed by atoms with E-state index >= 15 is 0 Å². The molecule has 1 unspecified atom stereocenters. The summed E-state index contributed by atoms with van der Waals surface area (Å²) >= 11 is 0. The second-order valence-corrected chi connectivity index (χ2v) is 10.6. The van der Waals surface area contributed by atoms with Crippen molar-refractivity contribution in [3.8, 4) is 0 Å². The number of rotatable bonds is 2. The molecule has 1 aromatic carbocycles. The van der Waals surface area contributed by atoms with Crippen LogP contribution in [0.15, 0.2) is 24.3 Å². The number of aryl methyl sites for hydroxylation is 1. The van der Waals surface area contributed by atoms with E-state index in [1.807, 2.05) is 4.90 Å². The summed E-state index contributed by atoms with van der Waals surface area (Å²) in [6, 6.07) is 8.03. The van der Waals surface area contributed by atoms with Crippen LogP contribution in [0, 0.1) is 0 Å². The first-order valence-corrected chi connectivity index (χ1v) is 12.8. The van der Waals surface area contributed by atoms with Gasteiger partial charge in [0.25, 0.3) is 0 Å². The zero-order valence-corrected chi connectivity index (χ0v) is 18.0.